The van der Waals surface area contributed by atoms with Gasteiger partial charge in [-0.2, -0.15) is 0 Å². The number of carbonyl (C=O) groups is 1. The first-order chi connectivity index (χ1) is 9.06. The minimum atomic E-state index is -0.460. The van der Waals surface area contributed by atoms with Gasteiger partial charge in [0.05, 0.1) is 11.4 Å². The molecule has 2 rings (SSSR count). The molecule has 0 aliphatic rings. The summed E-state index contributed by atoms with van der Waals surface area (Å²) in [5.41, 5.74) is 15.2. The monoisotopic (exact) mass is 255 g/mol. The molecule has 1 amide bonds. The molecule has 0 radical (unpaired) electrons. The van der Waals surface area contributed by atoms with E-state index in [0.717, 1.165) is 11.3 Å². The van der Waals surface area contributed by atoms with Crippen LogP contribution in [0.3, 0.4) is 0 Å². The molecule has 0 atom stereocenters. The maximum Gasteiger partial charge on any atom is 0.248 e. The number of amides is 1. The SMILES string of the molecule is Cc1cccc(CNc2cc(C(N)=O)ccc2N)c1. The summed E-state index contributed by atoms with van der Waals surface area (Å²) >= 11 is 0. The first kappa shape index (κ1) is 13.0. The molecule has 19 heavy (non-hydrogen) atoms. The molecule has 2 aromatic carbocycles. The number of hydrogen-bond acceptors (Lipinski definition) is 3. The molecule has 0 bridgehead atoms. The fraction of sp³-hybridized carbons (Fsp3) is 0.133. The third kappa shape index (κ3) is 3.25. The number of nitrogen functional groups attached to an aromatic ring is 1. The summed E-state index contributed by atoms with van der Waals surface area (Å²) in [6, 6.07) is 13.2. The lowest BCUT2D eigenvalue weighted by atomic mass is 10.1. The van der Waals surface area contributed by atoms with E-state index in [2.05, 4.69) is 11.4 Å². The van der Waals surface area contributed by atoms with Crippen molar-refractivity contribution in [2.75, 3.05) is 11.1 Å². The molecular formula is C15H17N3O. The number of nitrogens with two attached hydrogens (primary N) is 2. The minimum absolute atomic E-state index is 0.445. The summed E-state index contributed by atoms with van der Waals surface area (Å²) in [5.74, 6) is -0.460. The van der Waals surface area contributed by atoms with Gasteiger partial charge in [-0.15, -0.1) is 0 Å². The lowest BCUT2D eigenvalue weighted by molar-refractivity contribution is 0.100. The molecule has 4 heteroatoms. The van der Waals surface area contributed by atoms with Gasteiger partial charge in [0.2, 0.25) is 5.91 Å². The summed E-state index contributed by atoms with van der Waals surface area (Å²) in [5, 5.41) is 3.22. The van der Waals surface area contributed by atoms with E-state index >= 15 is 0 Å². The Kier molecular flexibility index (Phi) is 3.71. The topological polar surface area (TPSA) is 81.1 Å². The van der Waals surface area contributed by atoms with E-state index in [9.17, 15) is 4.79 Å². The maximum absolute atomic E-state index is 11.1. The van der Waals surface area contributed by atoms with Crippen molar-refractivity contribution in [1.29, 1.82) is 0 Å². The van der Waals surface area contributed by atoms with E-state index in [1.807, 2.05) is 25.1 Å². The second kappa shape index (κ2) is 5.44. The smallest absolute Gasteiger partial charge is 0.248 e. The van der Waals surface area contributed by atoms with Crippen LogP contribution in [0.4, 0.5) is 11.4 Å². The summed E-state index contributed by atoms with van der Waals surface area (Å²) in [7, 11) is 0. The molecule has 0 saturated carbocycles. The van der Waals surface area contributed by atoms with E-state index in [4.69, 9.17) is 11.5 Å². The lowest BCUT2D eigenvalue weighted by Crippen LogP contribution is -2.12. The van der Waals surface area contributed by atoms with Crippen molar-refractivity contribution in [2.24, 2.45) is 5.73 Å². The standard InChI is InChI=1S/C15H17N3O/c1-10-3-2-4-11(7-10)9-18-14-8-12(15(17)19)5-6-13(14)16/h2-8,18H,9,16H2,1H3,(H2,17,19). The van der Waals surface area contributed by atoms with Gasteiger partial charge in [-0.25, -0.2) is 0 Å². The molecule has 0 unspecified atom stereocenters. The Labute approximate surface area is 112 Å². The van der Waals surface area contributed by atoms with Crippen molar-refractivity contribution in [3.8, 4) is 0 Å². The molecule has 2 aromatic rings. The van der Waals surface area contributed by atoms with Crippen LogP contribution < -0.4 is 16.8 Å². The molecule has 0 heterocycles. The predicted molar refractivity (Wildman–Crippen MR) is 77.9 cm³/mol. The molecule has 0 saturated heterocycles. The average molecular weight is 255 g/mol. The zero-order valence-corrected chi connectivity index (χ0v) is 10.8. The van der Waals surface area contributed by atoms with Crippen LogP contribution in [0.2, 0.25) is 0 Å². The second-order valence-electron chi connectivity index (χ2n) is 4.51. The van der Waals surface area contributed by atoms with Crippen molar-refractivity contribution in [1.82, 2.24) is 0 Å². The van der Waals surface area contributed by atoms with Crippen molar-refractivity contribution in [3.05, 3.63) is 59.2 Å². The number of benzene rings is 2. The van der Waals surface area contributed by atoms with Crippen LogP contribution >= 0.6 is 0 Å². The number of aryl methyl sites for hydroxylation is 1. The summed E-state index contributed by atoms with van der Waals surface area (Å²) in [4.78, 5) is 11.1. The number of carbonyl (C=O) groups excluding carboxylic acids is 1. The van der Waals surface area contributed by atoms with E-state index in [0.29, 0.717) is 17.8 Å². The Hall–Kier alpha value is -2.49. The van der Waals surface area contributed by atoms with Gasteiger partial charge in [-0.05, 0) is 30.7 Å². The number of rotatable bonds is 4. The van der Waals surface area contributed by atoms with E-state index in [1.54, 1.807) is 18.2 Å². The van der Waals surface area contributed by atoms with Crippen LogP contribution in [0, 0.1) is 6.92 Å². The number of nitrogens with one attached hydrogen (secondary N) is 1. The van der Waals surface area contributed by atoms with Crippen LogP contribution in [0.25, 0.3) is 0 Å². The maximum atomic E-state index is 11.1. The Morgan fingerprint density at radius 2 is 2.00 bits per heavy atom. The second-order valence-corrected chi connectivity index (χ2v) is 4.51. The van der Waals surface area contributed by atoms with Gasteiger partial charge in [0.15, 0.2) is 0 Å². The average Bonchev–Trinajstić information content (AvgIpc) is 2.37. The summed E-state index contributed by atoms with van der Waals surface area (Å²) in [6.45, 7) is 2.69. The molecule has 0 spiro atoms. The molecule has 4 nitrogen and oxygen atoms in total. The fourth-order valence-corrected chi connectivity index (χ4v) is 1.88. The quantitative estimate of drug-likeness (QED) is 0.733. The molecule has 0 aliphatic carbocycles. The fourth-order valence-electron chi connectivity index (χ4n) is 1.88. The summed E-state index contributed by atoms with van der Waals surface area (Å²) < 4.78 is 0. The van der Waals surface area contributed by atoms with Crippen LogP contribution in [0.15, 0.2) is 42.5 Å². The van der Waals surface area contributed by atoms with Crippen molar-refractivity contribution >= 4 is 17.3 Å². The highest BCUT2D eigenvalue weighted by Gasteiger charge is 2.05. The molecular weight excluding hydrogens is 238 g/mol. The van der Waals surface area contributed by atoms with Crippen LogP contribution in [0.1, 0.15) is 21.5 Å². The Bertz CT molecular complexity index is 608. The van der Waals surface area contributed by atoms with Gasteiger partial charge in [0, 0.05) is 12.1 Å². The Balaban J connectivity index is 2.15. The zero-order chi connectivity index (χ0) is 13.8. The zero-order valence-electron chi connectivity index (χ0n) is 10.8. The Morgan fingerprint density at radius 3 is 2.68 bits per heavy atom. The van der Waals surface area contributed by atoms with Gasteiger partial charge >= 0.3 is 0 Å². The van der Waals surface area contributed by atoms with Crippen molar-refractivity contribution in [2.45, 2.75) is 13.5 Å². The third-order valence-corrected chi connectivity index (χ3v) is 2.90. The largest absolute Gasteiger partial charge is 0.397 e. The highest BCUT2D eigenvalue weighted by molar-refractivity contribution is 5.94. The normalized spacial score (nSPS) is 10.2. The van der Waals surface area contributed by atoms with Gasteiger partial charge < -0.3 is 16.8 Å². The van der Waals surface area contributed by atoms with E-state index < -0.39 is 5.91 Å². The first-order valence-electron chi connectivity index (χ1n) is 6.05. The van der Waals surface area contributed by atoms with E-state index in [-0.39, 0.29) is 0 Å². The molecule has 5 N–H and O–H groups in total. The predicted octanol–water partition coefficient (Wildman–Crippen LogP) is 2.29. The van der Waals surface area contributed by atoms with Gasteiger partial charge in [0.25, 0.3) is 0 Å². The lowest BCUT2D eigenvalue weighted by Gasteiger charge is -2.11. The highest BCUT2D eigenvalue weighted by atomic mass is 16.1. The van der Waals surface area contributed by atoms with Crippen LogP contribution in [-0.2, 0) is 6.54 Å². The molecule has 0 aromatic heterocycles. The molecule has 0 fully saturated rings. The number of primary amides is 1. The van der Waals surface area contributed by atoms with Gasteiger partial charge in [0.1, 0.15) is 0 Å². The third-order valence-electron chi connectivity index (χ3n) is 2.90. The van der Waals surface area contributed by atoms with E-state index in [1.165, 1.54) is 5.56 Å². The highest BCUT2D eigenvalue weighted by Crippen LogP contribution is 2.20. The minimum Gasteiger partial charge on any atom is -0.397 e. The Morgan fingerprint density at radius 1 is 1.21 bits per heavy atom. The molecule has 98 valence electrons. The van der Waals surface area contributed by atoms with Crippen molar-refractivity contribution in [3.63, 3.8) is 0 Å². The van der Waals surface area contributed by atoms with Crippen LogP contribution in [-0.4, -0.2) is 5.91 Å². The van der Waals surface area contributed by atoms with Gasteiger partial charge in [-0.3, -0.25) is 4.79 Å². The number of anilines is 2. The van der Waals surface area contributed by atoms with Crippen LogP contribution in [0.5, 0.6) is 0 Å². The molecule has 0 aliphatic heterocycles. The first-order valence-corrected chi connectivity index (χ1v) is 6.05. The van der Waals surface area contributed by atoms with Gasteiger partial charge in [-0.1, -0.05) is 29.8 Å². The summed E-state index contributed by atoms with van der Waals surface area (Å²) in [6.07, 6.45) is 0. The number of hydrogen-bond donors (Lipinski definition) is 3. The van der Waals surface area contributed by atoms with Crippen molar-refractivity contribution < 1.29 is 4.79 Å².